The lowest BCUT2D eigenvalue weighted by molar-refractivity contribution is 0.125. The number of aliphatic hydroxyl groups is 1. The molecule has 0 spiro atoms. The van der Waals surface area contributed by atoms with Crippen LogP contribution < -0.4 is 15.8 Å². The van der Waals surface area contributed by atoms with E-state index in [2.05, 4.69) is 10.3 Å². The molecule has 0 aromatic carbocycles. The molecule has 1 rings (SSSR count). The number of ether oxygens (including phenoxy) is 1. The van der Waals surface area contributed by atoms with E-state index in [1.807, 2.05) is 40.7 Å². The Hall–Kier alpha value is -1.49. The minimum Gasteiger partial charge on any atom is -0.470 e. The molecular formula is C14H25N3O2. The Kier molecular flexibility index (Phi) is 5.00. The van der Waals surface area contributed by atoms with Crippen molar-refractivity contribution in [2.45, 2.75) is 46.3 Å². The molecule has 1 aromatic heterocycles. The minimum atomic E-state index is -0.344. The Balaban J connectivity index is 2.84. The number of nitrogens with two attached hydrogens (primary N) is 1. The molecule has 0 aliphatic rings. The quantitative estimate of drug-likeness (QED) is 0.762. The summed E-state index contributed by atoms with van der Waals surface area (Å²) in [5, 5.41) is 12.4. The molecule has 4 N–H and O–H groups in total. The SMILES string of the molecule is CC(CO)C(C)Nc1ccc(N)c(OC(C)(C)C)n1. The fourth-order valence-electron chi connectivity index (χ4n) is 1.44. The van der Waals surface area contributed by atoms with Crippen LogP contribution in [0.25, 0.3) is 0 Å². The van der Waals surface area contributed by atoms with E-state index >= 15 is 0 Å². The first kappa shape index (κ1) is 15.6. The van der Waals surface area contributed by atoms with Crippen molar-refractivity contribution in [1.29, 1.82) is 0 Å². The molecule has 0 amide bonds. The van der Waals surface area contributed by atoms with Crippen molar-refractivity contribution in [3.63, 3.8) is 0 Å². The largest absolute Gasteiger partial charge is 0.470 e. The summed E-state index contributed by atoms with van der Waals surface area (Å²) in [5.41, 5.74) is 6.03. The molecule has 0 aliphatic carbocycles. The number of nitrogens with one attached hydrogen (secondary N) is 1. The zero-order valence-corrected chi connectivity index (χ0v) is 12.4. The average molecular weight is 267 g/mol. The first-order chi connectivity index (χ1) is 8.73. The molecule has 5 heteroatoms. The average Bonchev–Trinajstić information content (AvgIpc) is 2.30. The number of hydrogen-bond donors (Lipinski definition) is 3. The topological polar surface area (TPSA) is 80.4 Å². The number of nitrogens with zero attached hydrogens (tertiary/aromatic N) is 1. The van der Waals surface area contributed by atoms with Gasteiger partial charge in [-0.2, -0.15) is 4.98 Å². The molecule has 2 atom stereocenters. The maximum atomic E-state index is 9.13. The molecular weight excluding hydrogens is 242 g/mol. The molecule has 5 nitrogen and oxygen atoms in total. The highest BCUT2D eigenvalue weighted by atomic mass is 16.5. The van der Waals surface area contributed by atoms with Crippen molar-refractivity contribution < 1.29 is 9.84 Å². The molecule has 0 radical (unpaired) electrons. The third-order valence-electron chi connectivity index (χ3n) is 2.81. The van der Waals surface area contributed by atoms with E-state index in [9.17, 15) is 0 Å². The molecule has 0 fully saturated rings. The second-order valence-electron chi connectivity index (χ2n) is 5.90. The van der Waals surface area contributed by atoms with Gasteiger partial charge in [0.25, 0.3) is 0 Å². The Bertz CT molecular complexity index is 416. The van der Waals surface area contributed by atoms with Crippen LogP contribution in [0.15, 0.2) is 12.1 Å². The summed E-state index contributed by atoms with van der Waals surface area (Å²) in [4.78, 5) is 4.37. The summed E-state index contributed by atoms with van der Waals surface area (Å²) in [6.07, 6.45) is 0. The monoisotopic (exact) mass is 267 g/mol. The van der Waals surface area contributed by atoms with Crippen LogP contribution in [0.5, 0.6) is 5.88 Å². The highest BCUT2D eigenvalue weighted by Gasteiger charge is 2.17. The zero-order chi connectivity index (χ0) is 14.6. The third kappa shape index (κ3) is 4.95. The number of rotatable bonds is 5. The second kappa shape index (κ2) is 6.10. The molecule has 0 saturated heterocycles. The van der Waals surface area contributed by atoms with Crippen molar-refractivity contribution in [2.24, 2.45) is 5.92 Å². The smallest absolute Gasteiger partial charge is 0.239 e. The lowest BCUT2D eigenvalue weighted by atomic mass is 10.1. The van der Waals surface area contributed by atoms with E-state index in [1.54, 1.807) is 6.07 Å². The van der Waals surface area contributed by atoms with Crippen molar-refractivity contribution in [3.05, 3.63) is 12.1 Å². The van der Waals surface area contributed by atoms with Crippen LogP contribution >= 0.6 is 0 Å². The predicted molar refractivity (Wildman–Crippen MR) is 78.4 cm³/mol. The van der Waals surface area contributed by atoms with Crippen molar-refractivity contribution in [2.75, 3.05) is 17.7 Å². The van der Waals surface area contributed by atoms with Crippen LogP contribution in [0, 0.1) is 5.92 Å². The van der Waals surface area contributed by atoms with E-state index in [0.717, 1.165) is 0 Å². The van der Waals surface area contributed by atoms with Crippen molar-refractivity contribution >= 4 is 11.5 Å². The third-order valence-corrected chi connectivity index (χ3v) is 2.81. The molecule has 108 valence electrons. The summed E-state index contributed by atoms with van der Waals surface area (Å²) in [6.45, 7) is 9.96. The lowest BCUT2D eigenvalue weighted by Gasteiger charge is -2.23. The highest BCUT2D eigenvalue weighted by Crippen LogP contribution is 2.25. The van der Waals surface area contributed by atoms with E-state index < -0.39 is 0 Å². The van der Waals surface area contributed by atoms with Gasteiger partial charge >= 0.3 is 0 Å². The van der Waals surface area contributed by atoms with Gasteiger partial charge in [0.1, 0.15) is 11.4 Å². The molecule has 2 unspecified atom stereocenters. The maximum Gasteiger partial charge on any atom is 0.239 e. The van der Waals surface area contributed by atoms with E-state index in [4.69, 9.17) is 15.6 Å². The van der Waals surface area contributed by atoms with Gasteiger partial charge in [-0.05, 0) is 45.7 Å². The number of aliphatic hydroxyl groups excluding tert-OH is 1. The van der Waals surface area contributed by atoms with Gasteiger partial charge in [-0.15, -0.1) is 0 Å². The fourth-order valence-corrected chi connectivity index (χ4v) is 1.44. The van der Waals surface area contributed by atoms with Crippen molar-refractivity contribution in [3.8, 4) is 5.88 Å². The van der Waals surface area contributed by atoms with Crippen LogP contribution in [-0.4, -0.2) is 28.3 Å². The second-order valence-corrected chi connectivity index (χ2v) is 5.90. The van der Waals surface area contributed by atoms with Gasteiger partial charge in [-0.25, -0.2) is 0 Å². The van der Waals surface area contributed by atoms with Gasteiger partial charge in [0.2, 0.25) is 5.88 Å². The number of hydrogen-bond acceptors (Lipinski definition) is 5. The Morgan fingerprint density at radius 2 is 2.00 bits per heavy atom. The summed E-state index contributed by atoms with van der Waals surface area (Å²) in [7, 11) is 0. The molecule has 0 aliphatic heterocycles. The number of nitrogen functional groups attached to an aromatic ring is 1. The summed E-state index contributed by atoms with van der Waals surface area (Å²) < 4.78 is 5.72. The molecule has 0 bridgehead atoms. The summed E-state index contributed by atoms with van der Waals surface area (Å²) in [5.74, 6) is 1.27. The van der Waals surface area contributed by atoms with Gasteiger partial charge in [-0.3, -0.25) is 0 Å². The van der Waals surface area contributed by atoms with Crippen LogP contribution in [0.4, 0.5) is 11.5 Å². The molecule has 19 heavy (non-hydrogen) atoms. The Morgan fingerprint density at radius 3 is 2.53 bits per heavy atom. The predicted octanol–water partition coefficient (Wildman–Crippen LogP) is 2.27. The normalized spacial score (nSPS) is 14.8. The maximum absolute atomic E-state index is 9.13. The van der Waals surface area contributed by atoms with Crippen LogP contribution in [-0.2, 0) is 0 Å². The first-order valence-corrected chi connectivity index (χ1v) is 6.56. The fraction of sp³-hybridized carbons (Fsp3) is 0.643. The van der Waals surface area contributed by atoms with Gasteiger partial charge in [0.15, 0.2) is 0 Å². The first-order valence-electron chi connectivity index (χ1n) is 6.56. The van der Waals surface area contributed by atoms with Crippen LogP contribution in [0.1, 0.15) is 34.6 Å². The van der Waals surface area contributed by atoms with Gasteiger partial charge in [-0.1, -0.05) is 6.92 Å². The van der Waals surface area contributed by atoms with E-state index in [0.29, 0.717) is 17.4 Å². The van der Waals surface area contributed by atoms with Gasteiger partial charge < -0.3 is 20.9 Å². The van der Waals surface area contributed by atoms with Crippen LogP contribution in [0.3, 0.4) is 0 Å². The van der Waals surface area contributed by atoms with E-state index in [-0.39, 0.29) is 24.2 Å². The zero-order valence-electron chi connectivity index (χ0n) is 12.4. The Labute approximate surface area is 115 Å². The highest BCUT2D eigenvalue weighted by molar-refractivity contribution is 5.54. The summed E-state index contributed by atoms with van der Waals surface area (Å²) >= 11 is 0. The molecule has 1 aromatic rings. The van der Waals surface area contributed by atoms with Gasteiger partial charge in [0.05, 0.1) is 5.69 Å². The minimum absolute atomic E-state index is 0.114. The lowest BCUT2D eigenvalue weighted by Crippen LogP contribution is -2.27. The van der Waals surface area contributed by atoms with Crippen molar-refractivity contribution in [1.82, 2.24) is 4.98 Å². The van der Waals surface area contributed by atoms with Gasteiger partial charge in [0, 0.05) is 12.6 Å². The summed E-state index contributed by atoms with van der Waals surface area (Å²) in [6, 6.07) is 3.70. The van der Waals surface area contributed by atoms with E-state index in [1.165, 1.54) is 0 Å². The van der Waals surface area contributed by atoms with Crippen LogP contribution in [0.2, 0.25) is 0 Å². The number of aromatic nitrogens is 1. The number of anilines is 2. The Morgan fingerprint density at radius 1 is 1.37 bits per heavy atom. The molecule has 0 saturated carbocycles. The standard InChI is InChI=1S/C14H25N3O2/c1-9(8-18)10(2)16-12-7-6-11(15)13(17-12)19-14(3,4)5/h6-7,9-10,18H,8,15H2,1-5H3,(H,16,17). The number of pyridine rings is 1. The molecule has 1 heterocycles.